The van der Waals surface area contributed by atoms with Crippen LogP contribution >= 0.6 is 11.8 Å². The highest BCUT2D eigenvalue weighted by Crippen LogP contribution is 2.21. The number of nitrogens with zero attached hydrogens (tertiary/aromatic N) is 6. The van der Waals surface area contributed by atoms with Crippen molar-refractivity contribution in [2.75, 3.05) is 18.8 Å². The SMILES string of the molecule is O=C(CSc1ccc2nnc(-c3cccnc3)n2n1)N1CCCC1. The van der Waals surface area contributed by atoms with Crippen LogP contribution in [0.5, 0.6) is 0 Å². The van der Waals surface area contributed by atoms with E-state index < -0.39 is 0 Å². The molecule has 1 fully saturated rings. The minimum Gasteiger partial charge on any atom is -0.342 e. The molecule has 0 aliphatic carbocycles. The Labute approximate surface area is 143 Å². The van der Waals surface area contributed by atoms with Crippen LogP contribution in [-0.4, -0.2) is 54.4 Å². The van der Waals surface area contributed by atoms with E-state index in [1.807, 2.05) is 29.2 Å². The number of thioether (sulfide) groups is 1. The number of aromatic nitrogens is 5. The predicted molar refractivity (Wildman–Crippen MR) is 90.6 cm³/mol. The van der Waals surface area contributed by atoms with E-state index in [0.717, 1.165) is 36.5 Å². The fraction of sp³-hybridized carbons (Fsp3) is 0.312. The zero-order valence-electron chi connectivity index (χ0n) is 13.0. The van der Waals surface area contributed by atoms with Crippen molar-refractivity contribution in [3.8, 4) is 11.4 Å². The molecular formula is C16H16N6OS. The Hall–Kier alpha value is -2.48. The Balaban J connectivity index is 1.55. The van der Waals surface area contributed by atoms with E-state index in [0.29, 0.717) is 17.2 Å². The van der Waals surface area contributed by atoms with Crippen molar-refractivity contribution in [2.24, 2.45) is 0 Å². The lowest BCUT2D eigenvalue weighted by Crippen LogP contribution is -2.29. The first kappa shape index (κ1) is 15.1. The lowest BCUT2D eigenvalue weighted by Gasteiger charge is -2.14. The topological polar surface area (TPSA) is 76.3 Å². The molecule has 1 saturated heterocycles. The number of amides is 1. The highest BCUT2D eigenvalue weighted by atomic mass is 32.2. The van der Waals surface area contributed by atoms with Gasteiger partial charge in [-0.2, -0.15) is 9.61 Å². The van der Waals surface area contributed by atoms with Gasteiger partial charge in [-0.05, 0) is 37.1 Å². The predicted octanol–water partition coefficient (Wildman–Crippen LogP) is 1.90. The molecule has 3 aromatic rings. The van der Waals surface area contributed by atoms with Gasteiger partial charge >= 0.3 is 0 Å². The van der Waals surface area contributed by atoms with Gasteiger partial charge in [0.15, 0.2) is 11.5 Å². The summed E-state index contributed by atoms with van der Waals surface area (Å²) in [4.78, 5) is 18.2. The highest BCUT2D eigenvalue weighted by molar-refractivity contribution is 7.99. The van der Waals surface area contributed by atoms with E-state index in [2.05, 4.69) is 20.3 Å². The quantitative estimate of drug-likeness (QED) is 0.675. The average Bonchev–Trinajstić information content (AvgIpc) is 3.30. The molecule has 3 aromatic heterocycles. The zero-order chi connectivity index (χ0) is 16.4. The molecule has 0 atom stereocenters. The van der Waals surface area contributed by atoms with Gasteiger partial charge in [-0.15, -0.1) is 10.2 Å². The summed E-state index contributed by atoms with van der Waals surface area (Å²) >= 11 is 1.44. The summed E-state index contributed by atoms with van der Waals surface area (Å²) in [5.41, 5.74) is 1.52. The first-order valence-corrected chi connectivity index (χ1v) is 8.83. The van der Waals surface area contributed by atoms with Crippen molar-refractivity contribution in [1.82, 2.24) is 29.7 Å². The molecule has 24 heavy (non-hydrogen) atoms. The molecule has 0 bridgehead atoms. The number of fused-ring (bicyclic) bond motifs is 1. The summed E-state index contributed by atoms with van der Waals surface area (Å²) in [6.07, 6.45) is 5.66. The van der Waals surface area contributed by atoms with Gasteiger partial charge in [0.2, 0.25) is 5.91 Å². The Morgan fingerprint density at radius 2 is 2.04 bits per heavy atom. The van der Waals surface area contributed by atoms with Crippen LogP contribution in [0.15, 0.2) is 41.7 Å². The maximum Gasteiger partial charge on any atom is 0.232 e. The largest absolute Gasteiger partial charge is 0.342 e. The van der Waals surface area contributed by atoms with Crippen LogP contribution in [-0.2, 0) is 4.79 Å². The van der Waals surface area contributed by atoms with E-state index in [1.54, 1.807) is 16.9 Å². The van der Waals surface area contributed by atoms with Crippen molar-refractivity contribution >= 4 is 23.3 Å². The van der Waals surface area contributed by atoms with Crippen molar-refractivity contribution in [3.63, 3.8) is 0 Å². The third kappa shape index (κ3) is 2.96. The monoisotopic (exact) mass is 340 g/mol. The van der Waals surface area contributed by atoms with Gasteiger partial charge in [0.1, 0.15) is 5.03 Å². The first-order valence-electron chi connectivity index (χ1n) is 7.85. The lowest BCUT2D eigenvalue weighted by molar-refractivity contribution is -0.127. The molecule has 1 amide bonds. The fourth-order valence-electron chi connectivity index (χ4n) is 2.72. The molecule has 1 aliphatic heterocycles. The van der Waals surface area contributed by atoms with Crippen LogP contribution in [0.3, 0.4) is 0 Å². The minimum absolute atomic E-state index is 0.177. The van der Waals surface area contributed by atoms with Crippen molar-refractivity contribution in [2.45, 2.75) is 17.9 Å². The lowest BCUT2D eigenvalue weighted by atomic mass is 10.3. The third-order valence-corrected chi connectivity index (χ3v) is 4.87. The van der Waals surface area contributed by atoms with E-state index in [4.69, 9.17) is 0 Å². The van der Waals surface area contributed by atoms with E-state index >= 15 is 0 Å². The van der Waals surface area contributed by atoms with Crippen LogP contribution in [0.1, 0.15) is 12.8 Å². The number of hydrogen-bond donors (Lipinski definition) is 0. The summed E-state index contributed by atoms with van der Waals surface area (Å²) in [5.74, 6) is 1.23. The molecule has 4 heterocycles. The number of carbonyl (C=O) groups excluding carboxylic acids is 1. The molecular weight excluding hydrogens is 324 g/mol. The van der Waals surface area contributed by atoms with Crippen LogP contribution in [0.4, 0.5) is 0 Å². The van der Waals surface area contributed by atoms with Crippen LogP contribution in [0.2, 0.25) is 0 Å². The third-order valence-electron chi connectivity index (χ3n) is 3.96. The maximum absolute atomic E-state index is 12.2. The molecule has 1 aliphatic rings. The van der Waals surface area contributed by atoms with E-state index in [-0.39, 0.29) is 5.91 Å². The van der Waals surface area contributed by atoms with Crippen LogP contribution < -0.4 is 0 Å². The van der Waals surface area contributed by atoms with Crippen molar-refractivity contribution in [1.29, 1.82) is 0 Å². The first-order chi connectivity index (χ1) is 11.8. The van der Waals surface area contributed by atoms with E-state index in [1.165, 1.54) is 11.8 Å². The standard InChI is InChI=1S/C16H16N6OS/c23-15(21-8-1-2-9-21)11-24-14-6-5-13-18-19-16(22(13)20-14)12-4-3-7-17-10-12/h3-7,10H,1-2,8-9,11H2. The Bertz CT molecular complexity index is 859. The molecule has 0 unspecified atom stereocenters. The van der Waals surface area contributed by atoms with Gasteiger partial charge < -0.3 is 4.90 Å². The Morgan fingerprint density at radius 3 is 2.83 bits per heavy atom. The van der Waals surface area contributed by atoms with Gasteiger partial charge in [0.05, 0.1) is 5.75 Å². The van der Waals surface area contributed by atoms with Crippen LogP contribution in [0.25, 0.3) is 17.0 Å². The van der Waals surface area contributed by atoms with Crippen molar-refractivity contribution < 1.29 is 4.79 Å². The van der Waals surface area contributed by atoms with Gasteiger partial charge in [-0.1, -0.05) is 11.8 Å². The van der Waals surface area contributed by atoms with Gasteiger partial charge in [-0.25, -0.2) is 0 Å². The molecule has 0 radical (unpaired) electrons. The maximum atomic E-state index is 12.2. The number of pyridine rings is 1. The van der Waals surface area contributed by atoms with E-state index in [9.17, 15) is 4.79 Å². The molecule has 7 nitrogen and oxygen atoms in total. The number of carbonyl (C=O) groups is 1. The van der Waals surface area contributed by atoms with Gasteiger partial charge in [0, 0.05) is 31.0 Å². The molecule has 0 spiro atoms. The fourth-order valence-corrected chi connectivity index (χ4v) is 3.48. The Morgan fingerprint density at radius 1 is 1.17 bits per heavy atom. The molecule has 0 saturated carbocycles. The normalized spacial score (nSPS) is 14.4. The molecule has 8 heteroatoms. The summed E-state index contributed by atoms with van der Waals surface area (Å²) in [7, 11) is 0. The van der Waals surface area contributed by atoms with Gasteiger partial charge in [0.25, 0.3) is 0 Å². The molecule has 0 aromatic carbocycles. The molecule has 4 rings (SSSR count). The number of rotatable bonds is 4. The molecule has 0 N–H and O–H groups in total. The summed E-state index contributed by atoms with van der Waals surface area (Å²) < 4.78 is 1.69. The smallest absolute Gasteiger partial charge is 0.232 e. The summed E-state index contributed by atoms with van der Waals surface area (Å²) in [5, 5.41) is 13.7. The number of likely N-dealkylation sites (tertiary alicyclic amines) is 1. The van der Waals surface area contributed by atoms with Crippen molar-refractivity contribution in [3.05, 3.63) is 36.7 Å². The summed E-state index contributed by atoms with van der Waals surface area (Å²) in [6.45, 7) is 1.75. The minimum atomic E-state index is 0.177. The Kier molecular flexibility index (Phi) is 4.12. The highest BCUT2D eigenvalue weighted by Gasteiger charge is 2.18. The second-order valence-corrected chi connectivity index (χ2v) is 6.58. The van der Waals surface area contributed by atoms with Crippen LogP contribution in [0, 0.1) is 0 Å². The molecule has 122 valence electrons. The summed E-state index contributed by atoms with van der Waals surface area (Å²) in [6, 6.07) is 7.51. The van der Waals surface area contributed by atoms with Gasteiger partial charge in [-0.3, -0.25) is 9.78 Å². The second kappa shape index (κ2) is 6.56. The average molecular weight is 340 g/mol. The zero-order valence-corrected chi connectivity index (χ0v) is 13.8. The second-order valence-electron chi connectivity index (χ2n) is 5.58. The number of hydrogen-bond acceptors (Lipinski definition) is 6.